The highest BCUT2D eigenvalue weighted by atomic mass is 32.2. The number of hydrogen-bond donors (Lipinski definition) is 7. The number of carbonyl (C=O) groups excluding carboxylic acids is 6. The minimum absolute atomic E-state index is 0.0416. The van der Waals surface area contributed by atoms with Crippen LogP contribution in [0.1, 0.15) is 18.5 Å². The molecule has 0 spiro atoms. The molecule has 7 amide bonds. The number of amides is 7. The van der Waals surface area contributed by atoms with Crippen LogP contribution in [0, 0.1) is 0 Å². The number of nitrogens with one attached hydrogen (secondary N) is 3. The molecule has 8 N–H and O–H groups in total. The van der Waals surface area contributed by atoms with E-state index in [1.807, 2.05) is 0 Å². The SMILES string of the molecule is CCN1CCN(C(=O)NC(C(=O)N[C@]2(NC=O)C(=O)N3C(C(=O)O)=C(CSc4cc[n+](N)cc4)CS[C@@H]32)c2ccc(O)c(O)c2)C(=O)C1=O. The highest BCUT2D eigenvalue weighted by Gasteiger charge is 2.66. The van der Waals surface area contributed by atoms with E-state index < -0.39 is 64.2 Å². The van der Waals surface area contributed by atoms with Gasteiger partial charge in [-0.1, -0.05) is 10.7 Å². The predicted molar refractivity (Wildman–Crippen MR) is 170 cm³/mol. The van der Waals surface area contributed by atoms with E-state index in [2.05, 4.69) is 16.0 Å². The molecule has 18 nitrogen and oxygen atoms in total. The Hall–Kier alpha value is -5.50. The van der Waals surface area contributed by atoms with Gasteiger partial charge in [-0.2, -0.15) is 0 Å². The second-order valence-electron chi connectivity index (χ2n) is 10.9. The normalized spacial score (nSPS) is 21.0. The lowest BCUT2D eigenvalue weighted by Crippen LogP contribution is -2.85. The first-order valence-corrected chi connectivity index (χ1v) is 16.6. The standard InChI is InChI=1S/C29H30N8O10S2/c1-2-34-9-10-36(24(43)23(34)42)28(47)32-20(15-3-4-18(39)19(40)11-15)22(41)33-29(31-14-38)26(46)37-21(25(44)45)16(13-49-27(29)37)12-48-17-5-7-35(30)8-6-17/h3-8,11,14,20,27H,2,9-10,12-13,30H2,1H3,(H5-,31,32,33,38,39,40,41,42,43,44,45,47)/p+1/t20?,27-,29-/m1/s1. The van der Waals surface area contributed by atoms with Crippen molar-refractivity contribution in [2.75, 3.05) is 37.0 Å². The summed E-state index contributed by atoms with van der Waals surface area (Å²) in [6, 6.07) is 3.73. The molecule has 258 valence electrons. The zero-order chi connectivity index (χ0) is 35.6. The molecule has 5 rings (SSSR count). The first kappa shape index (κ1) is 34.8. The van der Waals surface area contributed by atoms with E-state index in [1.165, 1.54) is 27.4 Å². The minimum atomic E-state index is -2.17. The fraction of sp³-hybridized carbons (Fsp3) is 0.310. The lowest BCUT2D eigenvalue weighted by Gasteiger charge is -2.56. The molecule has 1 aromatic heterocycles. The number of nitrogen functional groups attached to an aromatic ring is 1. The Morgan fingerprint density at radius 3 is 2.47 bits per heavy atom. The Kier molecular flexibility index (Phi) is 9.90. The lowest BCUT2D eigenvalue weighted by molar-refractivity contribution is -0.639. The monoisotopic (exact) mass is 715 g/mol. The first-order chi connectivity index (χ1) is 23.3. The number of aromatic hydroxyl groups is 2. The van der Waals surface area contributed by atoms with E-state index in [4.69, 9.17) is 5.84 Å². The fourth-order valence-electron chi connectivity index (χ4n) is 5.46. The molecule has 20 heteroatoms. The van der Waals surface area contributed by atoms with Gasteiger partial charge in [-0.05, 0) is 30.2 Å². The van der Waals surface area contributed by atoms with Gasteiger partial charge in [0.2, 0.25) is 18.0 Å². The number of hydrogen-bond acceptors (Lipinski definition) is 12. The number of phenols is 2. The number of β-lactam (4-membered cyclic amide) rings is 1. The Balaban J connectivity index is 1.42. The molecule has 0 radical (unpaired) electrons. The number of carboxylic acids is 1. The molecule has 0 bridgehead atoms. The summed E-state index contributed by atoms with van der Waals surface area (Å²) in [6.07, 6.45) is 3.38. The number of urea groups is 1. The number of fused-ring (bicyclic) bond motifs is 1. The summed E-state index contributed by atoms with van der Waals surface area (Å²) in [5.41, 5.74) is -2.18. The van der Waals surface area contributed by atoms with Crippen LogP contribution in [0.15, 0.2) is 58.9 Å². The number of likely N-dealkylation sites (N-methyl/N-ethyl adjacent to an activating group) is 1. The highest BCUT2D eigenvalue weighted by molar-refractivity contribution is 8.01. The van der Waals surface area contributed by atoms with Gasteiger partial charge >= 0.3 is 23.8 Å². The number of aromatic nitrogens is 1. The molecule has 1 unspecified atom stereocenters. The number of aliphatic carboxylic acids is 1. The van der Waals surface area contributed by atoms with Gasteiger partial charge in [-0.3, -0.25) is 33.8 Å². The van der Waals surface area contributed by atoms with E-state index in [9.17, 15) is 48.9 Å². The first-order valence-electron chi connectivity index (χ1n) is 14.6. The number of benzene rings is 1. The van der Waals surface area contributed by atoms with Crippen molar-refractivity contribution in [2.24, 2.45) is 0 Å². The van der Waals surface area contributed by atoms with E-state index in [0.717, 1.165) is 33.7 Å². The molecule has 49 heavy (non-hydrogen) atoms. The van der Waals surface area contributed by atoms with E-state index in [1.54, 1.807) is 31.5 Å². The maximum Gasteiger partial charge on any atom is 0.352 e. The van der Waals surface area contributed by atoms with E-state index >= 15 is 0 Å². The second-order valence-corrected chi connectivity index (χ2v) is 13.0. The summed E-state index contributed by atoms with van der Waals surface area (Å²) in [4.78, 5) is 94.0. The lowest BCUT2D eigenvalue weighted by atomic mass is 9.94. The largest absolute Gasteiger partial charge is 0.504 e. The topological polar surface area (TPSA) is 256 Å². The van der Waals surface area contributed by atoms with Crippen molar-refractivity contribution >= 4 is 65.6 Å². The fourth-order valence-corrected chi connectivity index (χ4v) is 7.91. The van der Waals surface area contributed by atoms with Crippen molar-refractivity contribution in [1.29, 1.82) is 0 Å². The summed E-state index contributed by atoms with van der Waals surface area (Å²) in [6.45, 7) is 1.74. The van der Waals surface area contributed by atoms with Gasteiger partial charge in [0.1, 0.15) is 17.1 Å². The highest BCUT2D eigenvalue weighted by Crippen LogP contribution is 2.46. The van der Waals surface area contributed by atoms with Crippen LogP contribution in [0.2, 0.25) is 0 Å². The van der Waals surface area contributed by atoms with Gasteiger partial charge in [0.05, 0.1) is 0 Å². The van der Waals surface area contributed by atoms with Gasteiger partial charge in [0.15, 0.2) is 23.9 Å². The van der Waals surface area contributed by atoms with Crippen LogP contribution in [0.5, 0.6) is 11.5 Å². The average Bonchev–Trinajstić information content (AvgIpc) is 3.08. The molecule has 4 heterocycles. The Morgan fingerprint density at radius 2 is 1.84 bits per heavy atom. The van der Waals surface area contributed by atoms with Crippen molar-refractivity contribution in [2.45, 2.75) is 28.9 Å². The summed E-state index contributed by atoms with van der Waals surface area (Å²) < 4.78 is 1.34. The Bertz CT molecular complexity index is 1770. The third-order valence-corrected chi connectivity index (χ3v) is 10.5. The number of nitrogens with two attached hydrogens (primary N) is 1. The molecule has 3 atom stereocenters. The van der Waals surface area contributed by atoms with Gasteiger partial charge < -0.3 is 36.2 Å². The van der Waals surface area contributed by atoms with Crippen molar-refractivity contribution in [1.82, 2.24) is 30.7 Å². The molecule has 0 aliphatic carbocycles. The summed E-state index contributed by atoms with van der Waals surface area (Å²) in [5, 5.41) is 36.0. The summed E-state index contributed by atoms with van der Waals surface area (Å²) >= 11 is 2.39. The van der Waals surface area contributed by atoms with Gasteiger partial charge in [0.25, 0.3) is 5.91 Å². The minimum Gasteiger partial charge on any atom is -0.504 e. The van der Waals surface area contributed by atoms with Gasteiger partial charge in [0, 0.05) is 48.2 Å². The van der Waals surface area contributed by atoms with Crippen LogP contribution in [-0.4, -0.2) is 114 Å². The maximum absolute atomic E-state index is 13.9. The van der Waals surface area contributed by atoms with Crippen molar-refractivity contribution < 1.29 is 53.6 Å². The number of carbonyl (C=O) groups is 7. The molecular weight excluding hydrogens is 684 g/mol. The van der Waals surface area contributed by atoms with Crippen molar-refractivity contribution in [3.05, 3.63) is 59.6 Å². The molecule has 0 saturated carbocycles. The Labute approximate surface area is 286 Å². The van der Waals surface area contributed by atoms with Crippen LogP contribution in [0.3, 0.4) is 0 Å². The number of rotatable bonds is 11. The molecule has 2 saturated heterocycles. The molecule has 2 fully saturated rings. The van der Waals surface area contributed by atoms with Crippen LogP contribution >= 0.6 is 23.5 Å². The molecule has 1 aromatic carbocycles. The number of pyridine rings is 1. The number of piperazine rings is 1. The smallest absolute Gasteiger partial charge is 0.352 e. The van der Waals surface area contributed by atoms with E-state index in [0.29, 0.717) is 10.5 Å². The predicted octanol–water partition coefficient (Wildman–Crippen LogP) is -1.85. The second kappa shape index (κ2) is 13.9. The van der Waals surface area contributed by atoms with Crippen LogP contribution in [0.4, 0.5) is 4.79 Å². The molecular formula is C29H31N8O10S2+. The molecule has 3 aliphatic rings. The summed E-state index contributed by atoms with van der Waals surface area (Å²) in [7, 11) is 0. The summed E-state index contributed by atoms with van der Waals surface area (Å²) in [5.74, 6) is -0.824. The van der Waals surface area contributed by atoms with Crippen molar-refractivity contribution in [3.8, 4) is 11.5 Å². The van der Waals surface area contributed by atoms with Crippen LogP contribution in [-0.2, 0) is 28.8 Å². The zero-order valence-corrected chi connectivity index (χ0v) is 27.3. The number of carboxylic acid groups (broad SMARTS) is 1. The number of nitrogens with zero attached hydrogens (tertiary/aromatic N) is 4. The van der Waals surface area contributed by atoms with E-state index in [-0.39, 0.29) is 48.8 Å². The van der Waals surface area contributed by atoms with Crippen LogP contribution in [0.25, 0.3) is 0 Å². The van der Waals surface area contributed by atoms with Crippen LogP contribution < -0.4 is 26.5 Å². The zero-order valence-electron chi connectivity index (χ0n) is 25.7. The maximum atomic E-state index is 13.9. The third kappa shape index (κ3) is 6.51. The number of phenolic OH excluding ortho intramolecular Hbond substituents is 2. The number of imide groups is 1. The Morgan fingerprint density at radius 1 is 1.12 bits per heavy atom. The molecule has 2 aromatic rings. The van der Waals surface area contributed by atoms with Crippen molar-refractivity contribution in [3.63, 3.8) is 0 Å². The number of thioether (sulfide) groups is 2. The molecule has 3 aliphatic heterocycles. The van der Waals surface area contributed by atoms with Gasteiger partial charge in [-0.25, -0.2) is 15.4 Å². The quantitative estimate of drug-likeness (QED) is 0.0197. The average molecular weight is 716 g/mol. The third-order valence-electron chi connectivity index (χ3n) is 8.00. The van der Waals surface area contributed by atoms with Gasteiger partial charge in [-0.15, -0.1) is 23.5 Å².